The summed E-state index contributed by atoms with van der Waals surface area (Å²) < 4.78 is 0. The van der Waals surface area contributed by atoms with Gasteiger partial charge in [0.25, 0.3) is 0 Å². The fourth-order valence-corrected chi connectivity index (χ4v) is 1.90. The number of allylic oxidation sites excluding steroid dienone is 3. The Hall–Kier alpha value is -1.72. The Labute approximate surface area is 133 Å². The fraction of sp³-hybridized carbons (Fsp3) is 0.529. The van der Waals surface area contributed by atoms with E-state index in [4.69, 9.17) is 5.73 Å². The lowest BCUT2D eigenvalue weighted by molar-refractivity contribution is -0.122. The summed E-state index contributed by atoms with van der Waals surface area (Å²) >= 11 is 0. The van der Waals surface area contributed by atoms with Gasteiger partial charge >= 0.3 is 0 Å². The van der Waals surface area contributed by atoms with Crippen molar-refractivity contribution < 1.29 is 4.79 Å². The second-order valence-electron chi connectivity index (χ2n) is 6.17. The van der Waals surface area contributed by atoms with Gasteiger partial charge in [-0.1, -0.05) is 17.7 Å². The molecule has 4 N–H and O–H groups in total. The van der Waals surface area contributed by atoms with Crippen LogP contribution in [0.15, 0.2) is 40.6 Å². The molecule has 0 spiro atoms. The molecule has 0 radical (unpaired) electrons. The third kappa shape index (κ3) is 5.95. The van der Waals surface area contributed by atoms with Gasteiger partial charge in [-0.3, -0.25) is 15.1 Å². The first-order valence-corrected chi connectivity index (χ1v) is 7.62. The molecule has 1 heterocycles. The summed E-state index contributed by atoms with van der Waals surface area (Å²) in [7, 11) is 0. The van der Waals surface area contributed by atoms with E-state index >= 15 is 0 Å². The largest absolute Gasteiger partial charge is 0.331 e. The Balaban J connectivity index is 2.45. The molecule has 22 heavy (non-hydrogen) atoms. The first-order chi connectivity index (χ1) is 10.2. The average molecular weight is 304 g/mol. The summed E-state index contributed by atoms with van der Waals surface area (Å²) in [5.41, 5.74) is 7.78. The maximum atomic E-state index is 12.0. The summed E-state index contributed by atoms with van der Waals surface area (Å²) in [6, 6.07) is -0.321. The minimum absolute atomic E-state index is 0.0794. The van der Waals surface area contributed by atoms with Crippen molar-refractivity contribution in [2.45, 2.75) is 58.8 Å². The van der Waals surface area contributed by atoms with Gasteiger partial charge in [0, 0.05) is 24.4 Å². The fourth-order valence-electron chi connectivity index (χ4n) is 1.90. The zero-order chi connectivity index (χ0) is 16.8. The average Bonchev–Trinajstić information content (AvgIpc) is 2.46. The molecule has 122 valence electrons. The molecule has 0 saturated heterocycles. The van der Waals surface area contributed by atoms with E-state index in [0.717, 1.165) is 17.6 Å². The number of rotatable bonds is 6. The van der Waals surface area contributed by atoms with E-state index in [0.29, 0.717) is 0 Å². The number of nitrogens with one attached hydrogen (secondary N) is 2. The molecule has 1 rings (SSSR count). The third-order valence-electron chi connectivity index (χ3n) is 3.56. The van der Waals surface area contributed by atoms with Crippen molar-refractivity contribution in [2.24, 2.45) is 10.7 Å². The quantitative estimate of drug-likeness (QED) is 0.657. The van der Waals surface area contributed by atoms with Crippen LogP contribution >= 0.6 is 0 Å². The Bertz CT molecular complexity index is 509. The van der Waals surface area contributed by atoms with Crippen molar-refractivity contribution in [3.05, 3.63) is 35.6 Å². The Kier molecular flexibility index (Phi) is 6.71. The molecule has 0 saturated carbocycles. The van der Waals surface area contributed by atoms with E-state index in [2.05, 4.69) is 21.7 Å². The first kappa shape index (κ1) is 18.3. The van der Waals surface area contributed by atoms with E-state index in [-0.39, 0.29) is 23.7 Å². The van der Waals surface area contributed by atoms with Crippen LogP contribution in [0.3, 0.4) is 0 Å². The normalized spacial score (nSPS) is 20.9. The van der Waals surface area contributed by atoms with Gasteiger partial charge in [0.05, 0.1) is 6.04 Å². The molecule has 0 fully saturated rings. The van der Waals surface area contributed by atoms with Crippen LogP contribution in [0.1, 0.15) is 41.0 Å². The molecular formula is C17H28N4O. The number of carbonyl (C=O) groups is 1. The molecule has 0 aromatic carbocycles. The summed E-state index contributed by atoms with van der Waals surface area (Å²) in [5, 5.41) is 5.96. The van der Waals surface area contributed by atoms with E-state index in [9.17, 15) is 4.79 Å². The van der Waals surface area contributed by atoms with Crippen molar-refractivity contribution in [1.82, 2.24) is 10.6 Å². The van der Waals surface area contributed by atoms with Crippen LogP contribution in [0.5, 0.6) is 0 Å². The molecule has 2 unspecified atom stereocenters. The number of nitrogens with zero attached hydrogens (tertiary/aromatic N) is 1. The predicted octanol–water partition coefficient (Wildman–Crippen LogP) is 2.02. The zero-order valence-electron chi connectivity index (χ0n) is 14.2. The standard InChI is InChI=1S/C17H28N4O/c1-6-12(2)9-10-19-16(22)13(3)21-15-8-7-14(11-20-15)17(4,5)18/h6-7,9-11,13,15,21H,8,18H2,1-5H3,(H,19,22)/b10-9+,12-6+. The lowest BCUT2D eigenvalue weighted by atomic mass is 9.93. The molecular weight excluding hydrogens is 276 g/mol. The molecule has 0 aromatic rings. The number of carbonyl (C=O) groups excluding carboxylic acids is 1. The van der Waals surface area contributed by atoms with Crippen LogP contribution in [0.4, 0.5) is 0 Å². The van der Waals surface area contributed by atoms with Gasteiger partial charge in [0.15, 0.2) is 0 Å². The van der Waals surface area contributed by atoms with Crippen LogP contribution < -0.4 is 16.4 Å². The zero-order valence-corrected chi connectivity index (χ0v) is 14.2. The van der Waals surface area contributed by atoms with Crippen LogP contribution in [-0.2, 0) is 4.79 Å². The van der Waals surface area contributed by atoms with Crippen molar-refractivity contribution >= 4 is 12.1 Å². The Morgan fingerprint density at radius 1 is 1.55 bits per heavy atom. The third-order valence-corrected chi connectivity index (χ3v) is 3.56. The first-order valence-electron chi connectivity index (χ1n) is 7.62. The van der Waals surface area contributed by atoms with Crippen molar-refractivity contribution in [3.8, 4) is 0 Å². The second-order valence-corrected chi connectivity index (χ2v) is 6.17. The number of dihydropyridines is 1. The lowest BCUT2D eigenvalue weighted by Crippen LogP contribution is -2.45. The predicted molar refractivity (Wildman–Crippen MR) is 92.6 cm³/mol. The summed E-state index contributed by atoms with van der Waals surface area (Å²) in [4.78, 5) is 16.4. The van der Waals surface area contributed by atoms with Gasteiger partial charge in [0.2, 0.25) is 5.91 Å². The van der Waals surface area contributed by atoms with E-state index in [1.807, 2.05) is 46.8 Å². The van der Waals surface area contributed by atoms with Gasteiger partial charge < -0.3 is 11.1 Å². The molecule has 1 amide bonds. The monoisotopic (exact) mass is 304 g/mol. The molecule has 0 aliphatic carbocycles. The molecule has 2 atom stereocenters. The minimum Gasteiger partial charge on any atom is -0.331 e. The maximum Gasteiger partial charge on any atom is 0.240 e. The SMILES string of the molecule is C/C=C(C)/C=C/NC(=O)C(C)NC1CC=C(C(C)(C)N)C=N1. The summed E-state index contributed by atoms with van der Waals surface area (Å²) in [6.07, 6.45) is 10.0. The van der Waals surface area contributed by atoms with Crippen LogP contribution in [0.2, 0.25) is 0 Å². The highest BCUT2D eigenvalue weighted by molar-refractivity contribution is 5.83. The van der Waals surface area contributed by atoms with Gasteiger partial charge in [-0.15, -0.1) is 0 Å². The number of hydrogen-bond acceptors (Lipinski definition) is 4. The number of nitrogens with two attached hydrogens (primary N) is 1. The van der Waals surface area contributed by atoms with Gasteiger partial charge in [-0.05, 0) is 46.3 Å². The molecule has 0 aromatic heterocycles. The Morgan fingerprint density at radius 3 is 2.73 bits per heavy atom. The van der Waals surface area contributed by atoms with E-state index < -0.39 is 0 Å². The summed E-state index contributed by atoms with van der Waals surface area (Å²) in [5.74, 6) is -0.0794. The van der Waals surface area contributed by atoms with Crippen LogP contribution in [-0.4, -0.2) is 29.9 Å². The summed E-state index contributed by atoms with van der Waals surface area (Å²) in [6.45, 7) is 9.66. The van der Waals surface area contributed by atoms with E-state index in [1.54, 1.807) is 12.4 Å². The number of aliphatic imine (C=N–C) groups is 1. The molecule has 1 aliphatic heterocycles. The number of amides is 1. The second kappa shape index (κ2) is 8.06. The maximum absolute atomic E-state index is 12.0. The topological polar surface area (TPSA) is 79.5 Å². The van der Waals surface area contributed by atoms with Crippen molar-refractivity contribution in [3.63, 3.8) is 0 Å². The highest BCUT2D eigenvalue weighted by Gasteiger charge is 2.21. The highest BCUT2D eigenvalue weighted by Crippen LogP contribution is 2.16. The van der Waals surface area contributed by atoms with Gasteiger partial charge in [-0.2, -0.15) is 0 Å². The molecule has 0 bridgehead atoms. The van der Waals surface area contributed by atoms with Crippen LogP contribution in [0, 0.1) is 0 Å². The molecule has 5 nitrogen and oxygen atoms in total. The highest BCUT2D eigenvalue weighted by atomic mass is 16.2. The van der Waals surface area contributed by atoms with Gasteiger partial charge in [-0.25, -0.2) is 0 Å². The Morgan fingerprint density at radius 2 is 2.23 bits per heavy atom. The molecule has 1 aliphatic rings. The van der Waals surface area contributed by atoms with Crippen molar-refractivity contribution in [2.75, 3.05) is 0 Å². The number of hydrogen-bond donors (Lipinski definition) is 3. The minimum atomic E-state index is -0.382. The van der Waals surface area contributed by atoms with Gasteiger partial charge in [0.1, 0.15) is 6.17 Å². The van der Waals surface area contributed by atoms with Crippen LogP contribution in [0.25, 0.3) is 0 Å². The smallest absolute Gasteiger partial charge is 0.240 e. The van der Waals surface area contributed by atoms with E-state index in [1.165, 1.54) is 0 Å². The molecule has 5 heteroatoms. The van der Waals surface area contributed by atoms with Crippen molar-refractivity contribution in [1.29, 1.82) is 0 Å². The lowest BCUT2D eigenvalue weighted by Gasteiger charge is -2.26.